The smallest absolute Gasteiger partial charge is 0.340 e. The molecule has 0 spiro atoms. The molecule has 0 aromatic heterocycles. The fraction of sp³-hybridized carbons (Fsp3) is 0.360. The number of carbonyl (C=O) groups excluding carboxylic acids is 2. The van der Waals surface area contributed by atoms with Crippen LogP contribution in [-0.4, -0.2) is 52.2 Å². The lowest BCUT2D eigenvalue weighted by Gasteiger charge is -2.34. The molecule has 3 aliphatic heterocycles. The molecule has 0 aliphatic carbocycles. The second-order valence-electron chi connectivity index (χ2n) is 8.89. The van der Waals surface area contributed by atoms with E-state index in [1.165, 1.54) is 21.7 Å². The van der Waals surface area contributed by atoms with Gasteiger partial charge in [0.2, 0.25) is 5.91 Å². The predicted octanol–water partition coefficient (Wildman–Crippen LogP) is 3.01. The number of hydrogen-bond acceptors (Lipinski definition) is 6. The quantitative estimate of drug-likeness (QED) is 0.612. The van der Waals surface area contributed by atoms with Crippen molar-refractivity contribution in [2.75, 3.05) is 18.5 Å². The number of anilines is 1. The van der Waals surface area contributed by atoms with Gasteiger partial charge in [-0.2, -0.15) is 0 Å². The molecule has 5 rings (SSSR count). The standard InChI is InChI=1S/C25H30N6O3/c1-4-34-20-9-7-19(8-10-20)26-23(32)15-31-25(33)29-11-12-30-22(24(29)28-31)14-21(27-30)18-6-5-16(2)17(3)13-18/h5-13,21-22,24,27-28H,4,14-15H2,1-3H3,(H,26,32). The minimum Gasteiger partial charge on any atom is -0.494 e. The highest BCUT2D eigenvalue weighted by Gasteiger charge is 2.48. The van der Waals surface area contributed by atoms with Gasteiger partial charge in [0.1, 0.15) is 18.5 Å². The van der Waals surface area contributed by atoms with Crippen LogP contribution in [0.25, 0.3) is 0 Å². The van der Waals surface area contributed by atoms with Gasteiger partial charge in [0.05, 0.1) is 18.7 Å². The molecule has 2 fully saturated rings. The molecule has 0 radical (unpaired) electrons. The molecule has 0 bridgehead atoms. The van der Waals surface area contributed by atoms with E-state index in [2.05, 4.69) is 53.2 Å². The fourth-order valence-corrected chi connectivity index (χ4v) is 4.68. The van der Waals surface area contributed by atoms with Crippen LogP contribution in [0, 0.1) is 13.8 Å². The first-order valence-corrected chi connectivity index (χ1v) is 11.6. The molecule has 9 nitrogen and oxygen atoms in total. The molecule has 3 aliphatic rings. The first kappa shape index (κ1) is 22.2. The fourth-order valence-electron chi connectivity index (χ4n) is 4.68. The lowest BCUT2D eigenvalue weighted by molar-refractivity contribution is -0.117. The number of fused-ring (bicyclic) bond motifs is 3. The van der Waals surface area contributed by atoms with E-state index in [9.17, 15) is 9.59 Å². The number of ether oxygens (including phenoxy) is 1. The molecule has 2 aromatic rings. The topological polar surface area (TPSA) is 89.2 Å². The van der Waals surface area contributed by atoms with Gasteiger partial charge in [0.25, 0.3) is 0 Å². The van der Waals surface area contributed by atoms with Crippen LogP contribution in [0.1, 0.15) is 36.1 Å². The highest BCUT2D eigenvalue weighted by atomic mass is 16.5. The maximum absolute atomic E-state index is 13.0. The zero-order valence-corrected chi connectivity index (χ0v) is 19.6. The van der Waals surface area contributed by atoms with Crippen molar-refractivity contribution in [2.24, 2.45) is 0 Å². The third-order valence-electron chi connectivity index (χ3n) is 6.62. The first-order chi connectivity index (χ1) is 16.4. The number of rotatable bonds is 6. The summed E-state index contributed by atoms with van der Waals surface area (Å²) >= 11 is 0. The van der Waals surface area contributed by atoms with Gasteiger partial charge in [-0.05, 0) is 68.1 Å². The summed E-state index contributed by atoms with van der Waals surface area (Å²) in [6.45, 7) is 6.65. The summed E-state index contributed by atoms with van der Waals surface area (Å²) in [6.07, 6.45) is 4.24. The summed E-state index contributed by atoms with van der Waals surface area (Å²) in [6, 6.07) is 13.6. The molecule has 0 saturated carbocycles. The Balaban J connectivity index is 1.22. The van der Waals surface area contributed by atoms with E-state index in [0.29, 0.717) is 12.3 Å². The van der Waals surface area contributed by atoms with Crippen molar-refractivity contribution < 1.29 is 14.3 Å². The van der Waals surface area contributed by atoms with Crippen LogP contribution in [0.3, 0.4) is 0 Å². The van der Waals surface area contributed by atoms with Crippen molar-refractivity contribution in [2.45, 2.75) is 45.4 Å². The molecule has 2 aromatic carbocycles. The Hall–Kier alpha value is -3.56. The zero-order chi connectivity index (χ0) is 23.8. The zero-order valence-electron chi connectivity index (χ0n) is 19.6. The van der Waals surface area contributed by atoms with Crippen molar-refractivity contribution >= 4 is 17.6 Å². The Kier molecular flexibility index (Phi) is 5.89. The number of nitrogens with zero attached hydrogens (tertiary/aromatic N) is 3. The van der Waals surface area contributed by atoms with Crippen LogP contribution < -0.4 is 20.9 Å². The molecule has 3 amide bonds. The van der Waals surface area contributed by atoms with Crippen LogP contribution in [-0.2, 0) is 4.79 Å². The van der Waals surface area contributed by atoms with Crippen LogP contribution in [0.5, 0.6) is 5.75 Å². The normalized spacial score (nSPS) is 23.2. The molecule has 3 heterocycles. The van der Waals surface area contributed by atoms with Crippen LogP contribution in [0.2, 0.25) is 0 Å². The molecule has 178 valence electrons. The Bertz CT molecular complexity index is 1120. The molecular weight excluding hydrogens is 432 g/mol. The predicted molar refractivity (Wildman–Crippen MR) is 128 cm³/mol. The Labute approximate surface area is 199 Å². The van der Waals surface area contributed by atoms with E-state index in [-0.39, 0.29) is 36.7 Å². The van der Waals surface area contributed by atoms with Gasteiger partial charge >= 0.3 is 6.03 Å². The van der Waals surface area contributed by atoms with E-state index in [1.54, 1.807) is 35.4 Å². The largest absolute Gasteiger partial charge is 0.494 e. The SMILES string of the molecule is CCOc1ccc(NC(=O)CN2NC3C4CC(c5ccc(C)c(C)c5)NN4C=CN3C2=O)cc1. The van der Waals surface area contributed by atoms with Crippen LogP contribution >= 0.6 is 0 Å². The number of hydrogen-bond donors (Lipinski definition) is 3. The summed E-state index contributed by atoms with van der Waals surface area (Å²) in [4.78, 5) is 27.3. The van der Waals surface area contributed by atoms with E-state index in [0.717, 1.165) is 12.2 Å². The number of urea groups is 1. The molecule has 3 unspecified atom stereocenters. The average molecular weight is 463 g/mol. The number of benzene rings is 2. The summed E-state index contributed by atoms with van der Waals surface area (Å²) in [5, 5.41) is 6.28. The van der Waals surface area contributed by atoms with Gasteiger partial charge in [-0.3, -0.25) is 9.69 Å². The number of amides is 3. The molecule has 3 atom stereocenters. The van der Waals surface area contributed by atoms with Crippen molar-refractivity contribution in [1.29, 1.82) is 0 Å². The maximum Gasteiger partial charge on any atom is 0.340 e. The van der Waals surface area contributed by atoms with Crippen LogP contribution in [0.15, 0.2) is 54.9 Å². The lowest BCUT2D eigenvalue weighted by Crippen LogP contribution is -2.54. The third-order valence-corrected chi connectivity index (χ3v) is 6.62. The van der Waals surface area contributed by atoms with Gasteiger partial charge in [0.15, 0.2) is 0 Å². The summed E-state index contributed by atoms with van der Waals surface area (Å²) in [7, 11) is 0. The Morgan fingerprint density at radius 1 is 1.09 bits per heavy atom. The number of nitrogens with one attached hydrogen (secondary N) is 3. The first-order valence-electron chi connectivity index (χ1n) is 11.6. The highest BCUT2D eigenvalue weighted by Crippen LogP contribution is 2.35. The van der Waals surface area contributed by atoms with E-state index in [4.69, 9.17) is 4.74 Å². The van der Waals surface area contributed by atoms with Gasteiger partial charge in [-0.1, -0.05) is 18.2 Å². The van der Waals surface area contributed by atoms with Crippen molar-refractivity contribution in [3.05, 3.63) is 71.6 Å². The van der Waals surface area contributed by atoms with Gasteiger partial charge in [-0.25, -0.2) is 20.7 Å². The van der Waals surface area contributed by atoms with E-state index in [1.807, 2.05) is 13.1 Å². The van der Waals surface area contributed by atoms with Gasteiger partial charge in [0, 0.05) is 18.1 Å². The number of carbonyl (C=O) groups is 2. The lowest BCUT2D eigenvalue weighted by atomic mass is 9.97. The minimum atomic E-state index is -0.275. The van der Waals surface area contributed by atoms with Crippen LogP contribution in [0.4, 0.5) is 10.5 Å². The second-order valence-corrected chi connectivity index (χ2v) is 8.89. The highest BCUT2D eigenvalue weighted by molar-refractivity contribution is 5.94. The summed E-state index contributed by atoms with van der Waals surface area (Å²) < 4.78 is 5.43. The average Bonchev–Trinajstić information content (AvgIpc) is 3.39. The van der Waals surface area contributed by atoms with Gasteiger partial charge in [-0.15, -0.1) is 0 Å². The summed E-state index contributed by atoms with van der Waals surface area (Å²) in [5.41, 5.74) is 11.2. The third kappa shape index (κ3) is 4.20. The maximum atomic E-state index is 13.0. The molecular formula is C25H30N6O3. The Morgan fingerprint density at radius 3 is 2.62 bits per heavy atom. The minimum absolute atomic E-state index is 0.0414. The van der Waals surface area contributed by atoms with E-state index >= 15 is 0 Å². The van der Waals surface area contributed by atoms with Crippen molar-refractivity contribution in [3.8, 4) is 5.75 Å². The molecule has 9 heteroatoms. The molecule has 2 saturated heterocycles. The molecule has 3 N–H and O–H groups in total. The van der Waals surface area contributed by atoms with E-state index < -0.39 is 0 Å². The Morgan fingerprint density at radius 2 is 1.88 bits per heavy atom. The number of aryl methyl sites for hydroxylation is 2. The second kappa shape index (κ2) is 9.00. The van der Waals surface area contributed by atoms with Crippen molar-refractivity contribution in [3.63, 3.8) is 0 Å². The van der Waals surface area contributed by atoms with Crippen molar-refractivity contribution in [1.82, 2.24) is 25.8 Å². The molecule has 34 heavy (non-hydrogen) atoms. The number of hydrazine groups is 2. The monoisotopic (exact) mass is 462 g/mol. The van der Waals surface area contributed by atoms with Gasteiger partial charge < -0.3 is 15.1 Å². The summed E-state index contributed by atoms with van der Waals surface area (Å²) in [5.74, 6) is 0.470.